The Morgan fingerprint density at radius 2 is 1.64 bits per heavy atom. The predicted molar refractivity (Wildman–Crippen MR) is 151 cm³/mol. The van der Waals surface area contributed by atoms with Crippen molar-refractivity contribution in [3.63, 3.8) is 0 Å². The topological polar surface area (TPSA) is 69.7 Å². The van der Waals surface area contributed by atoms with Gasteiger partial charge in [-0.2, -0.15) is 0 Å². The number of unbranched alkanes of at least 4 members (excludes halogenated alkanes) is 5. The first-order chi connectivity index (χ1) is 17.4. The number of anilines is 2. The van der Waals surface area contributed by atoms with Gasteiger partial charge in [0.25, 0.3) is 11.8 Å². The van der Waals surface area contributed by atoms with Crippen molar-refractivity contribution in [1.82, 2.24) is 4.90 Å². The van der Waals surface area contributed by atoms with Gasteiger partial charge in [0.1, 0.15) is 10.9 Å². The molecule has 3 amide bonds. The minimum Gasteiger partial charge on any atom is -0.323 e. The molecule has 1 fully saturated rings. The second-order valence-electron chi connectivity index (χ2n) is 8.73. The molecular weight excluding hydrogens is 514 g/mol. The largest absolute Gasteiger partial charge is 0.323 e. The van der Waals surface area contributed by atoms with Crippen molar-refractivity contribution >= 4 is 74.6 Å². The maximum Gasteiger partial charge on any atom is 0.267 e. The summed E-state index contributed by atoms with van der Waals surface area (Å²) in [4.78, 5) is 43.0. The van der Waals surface area contributed by atoms with Gasteiger partial charge in [0.2, 0.25) is 5.91 Å². The van der Waals surface area contributed by atoms with Crippen LogP contribution in [0.3, 0.4) is 0 Å². The van der Waals surface area contributed by atoms with E-state index in [9.17, 15) is 14.4 Å². The molecule has 0 bridgehead atoms. The lowest BCUT2D eigenvalue weighted by molar-refractivity contribution is -0.122. The van der Waals surface area contributed by atoms with Crippen LogP contribution in [0.1, 0.15) is 51.0 Å². The molecule has 0 aliphatic carbocycles. The molecule has 2 heterocycles. The number of nitrogens with one attached hydrogen (secondary N) is 1. The average Bonchev–Trinajstić information content (AvgIpc) is 3.29. The molecule has 1 saturated heterocycles. The summed E-state index contributed by atoms with van der Waals surface area (Å²) in [6.45, 7) is 2.53. The summed E-state index contributed by atoms with van der Waals surface area (Å²) in [5, 5.41) is 3.17. The average molecular weight is 542 g/mol. The quantitative estimate of drug-likeness (QED) is 0.218. The van der Waals surface area contributed by atoms with Crippen molar-refractivity contribution in [3.8, 4) is 0 Å². The monoisotopic (exact) mass is 541 g/mol. The molecule has 2 aromatic carbocycles. The molecule has 2 aliphatic rings. The number of fused-ring (bicyclic) bond motifs is 1. The highest BCUT2D eigenvalue weighted by molar-refractivity contribution is 8.26. The second-order valence-corrected chi connectivity index (χ2v) is 10.8. The van der Waals surface area contributed by atoms with Crippen LogP contribution in [0.25, 0.3) is 5.57 Å². The Morgan fingerprint density at radius 3 is 2.42 bits per heavy atom. The van der Waals surface area contributed by atoms with Gasteiger partial charge in [-0.1, -0.05) is 105 Å². The Hall–Kier alpha value is -2.68. The SMILES string of the molecule is CCCCCCCCN1C(=O)C(=C2C(=O)N(CC(=O)Nc3ccccc3Cl)c3ccccc32)SC1=S. The van der Waals surface area contributed by atoms with Crippen LogP contribution in [-0.2, 0) is 14.4 Å². The van der Waals surface area contributed by atoms with E-state index >= 15 is 0 Å². The van der Waals surface area contributed by atoms with E-state index in [4.69, 9.17) is 23.8 Å². The number of benzene rings is 2. The van der Waals surface area contributed by atoms with Gasteiger partial charge in [-0.25, -0.2) is 0 Å². The van der Waals surface area contributed by atoms with Gasteiger partial charge in [-0.05, 0) is 24.6 Å². The molecule has 9 heteroatoms. The summed E-state index contributed by atoms with van der Waals surface area (Å²) < 4.78 is 0.469. The zero-order valence-corrected chi connectivity index (χ0v) is 22.5. The van der Waals surface area contributed by atoms with E-state index in [1.165, 1.54) is 35.9 Å². The highest BCUT2D eigenvalue weighted by atomic mass is 35.5. The minimum absolute atomic E-state index is 0.206. The Kier molecular flexibility index (Phi) is 8.82. The molecule has 0 unspecified atom stereocenters. The second kappa shape index (κ2) is 12.0. The van der Waals surface area contributed by atoms with Crippen LogP contribution in [0.4, 0.5) is 11.4 Å². The van der Waals surface area contributed by atoms with E-state index in [2.05, 4.69) is 12.2 Å². The summed E-state index contributed by atoms with van der Waals surface area (Å²) in [5.74, 6) is -1.01. The number of rotatable bonds is 10. The van der Waals surface area contributed by atoms with Crippen molar-refractivity contribution in [2.24, 2.45) is 0 Å². The van der Waals surface area contributed by atoms with E-state index in [1.807, 2.05) is 6.07 Å². The number of halogens is 1. The lowest BCUT2D eigenvalue weighted by Crippen LogP contribution is -2.35. The third-order valence-electron chi connectivity index (χ3n) is 6.18. The molecule has 1 N–H and O–H groups in total. The van der Waals surface area contributed by atoms with Gasteiger partial charge < -0.3 is 5.32 Å². The third-order valence-corrected chi connectivity index (χ3v) is 7.96. The van der Waals surface area contributed by atoms with Crippen LogP contribution >= 0.6 is 35.6 Å². The number of hydrogen-bond acceptors (Lipinski definition) is 5. The number of amides is 3. The molecule has 36 heavy (non-hydrogen) atoms. The first-order valence-electron chi connectivity index (χ1n) is 12.2. The van der Waals surface area contributed by atoms with Crippen LogP contribution in [0, 0.1) is 0 Å². The van der Waals surface area contributed by atoms with Crippen LogP contribution in [-0.4, -0.2) is 40.0 Å². The molecule has 0 saturated carbocycles. The van der Waals surface area contributed by atoms with E-state index in [-0.39, 0.29) is 24.3 Å². The first kappa shape index (κ1) is 26.4. The van der Waals surface area contributed by atoms with E-state index in [0.29, 0.717) is 43.3 Å². The smallest absolute Gasteiger partial charge is 0.267 e. The molecule has 2 aromatic rings. The third kappa shape index (κ3) is 5.66. The lowest BCUT2D eigenvalue weighted by Gasteiger charge is -2.17. The Labute approximate surface area is 226 Å². The molecule has 0 spiro atoms. The molecule has 6 nitrogen and oxygen atoms in total. The molecule has 0 radical (unpaired) electrons. The van der Waals surface area contributed by atoms with Crippen molar-refractivity contribution in [1.29, 1.82) is 0 Å². The van der Waals surface area contributed by atoms with E-state index < -0.39 is 0 Å². The van der Waals surface area contributed by atoms with E-state index in [0.717, 1.165) is 19.3 Å². The number of para-hydroxylation sites is 2. The van der Waals surface area contributed by atoms with Crippen molar-refractivity contribution in [2.75, 3.05) is 23.3 Å². The van der Waals surface area contributed by atoms with Crippen LogP contribution in [0.15, 0.2) is 53.4 Å². The number of nitrogens with zero attached hydrogens (tertiary/aromatic N) is 2. The zero-order valence-electron chi connectivity index (χ0n) is 20.1. The Morgan fingerprint density at radius 1 is 0.944 bits per heavy atom. The van der Waals surface area contributed by atoms with Gasteiger partial charge in [-0.3, -0.25) is 24.2 Å². The molecule has 2 aliphatic heterocycles. The highest BCUT2D eigenvalue weighted by Crippen LogP contribution is 2.44. The normalized spacial score (nSPS) is 17.2. The van der Waals surface area contributed by atoms with Gasteiger partial charge in [0.05, 0.1) is 26.9 Å². The molecule has 0 atom stereocenters. The molecule has 4 rings (SSSR count). The van der Waals surface area contributed by atoms with Gasteiger partial charge in [0, 0.05) is 12.1 Å². The van der Waals surface area contributed by atoms with Crippen LogP contribution < -0.4 is 10.2 Å². The molecular formula is C27H28ClN3O3S2. The first-order valence-corrected chi connectivity index (χ1v) is 13.8. The van der Waals surface area contributed by atoms with Gasteiger partial charge >= 0.3 is 0 Å². The molecule has 188 valence electrons. The number of thioether (sulfide) groups is 1. The Bertz CT molecular complexity index is 1230. The zero-order chi connectivity index (χ0) is 25.7. The fourth-order valence-corrected chi connectivity index (χ4v) is 5.91. The summed E-state index contributed by atoms with van der Waals surface area (Å²) in [5.41, 5.74) is 2.00. The summed E-state index contributed by atoms with van der Waals surface area (Å²) in [6.07, 6.45) is 6.67. The maximum absolute atomic E-state index is 13.6. The summed E-state index contributed by atoms with van der Waals surface area (Å²) >= 11 is 12.8. The summed E-state index contributed by atoms with van der Waals surface area (Å²) in [7, 11) is 0. The number of carbonyl (C=O) groups excluding carboxylic acids is 3. The fourth-order valence-electron chi connectivity index (χ4n) is 4.34. The number of thiocarbonyl (C=S) groups is 1. The minimum atomic E-state index is -0.386. The van der Waals surface area contributed by atoms with Crippen molar-refractivity contribution in [3.05, 3.63) is 64.0 Å². The van der Waals surface area contributed by atoms with E-state index in [1.54, 1.807) is 47.4 Å². The maximum atomic E-state index is 13.6. The highest BCUT2D eigenvalue weighted by Gasteiger charge is 2.42. The Balaban J connectivity index is 1.51. The van der Waals surface area contributed by atoms with Gasteiger partial charge in [-0.15, -0.1) is 0 Å². The van der Waals surface area contributed by atoms with Crippen LogP contribution in [0.2, 0.25) is 5.02 Å². The van der Waals surface area contributed by atoms with Crippen molar-refractivity contribution < 1.29 is 14.4 Å². The lowest BCUT2D eigenvalue weighted by atomic mass is 10.1. The molecule has 0 aromatic heterocycles. The van der Waals surface area contributed by atoms with Crippen LogP contribution in [0.5, 0.6) is 0 Å². The fraction of sp³-hybridized carbons (Fsp3) is 0.333. The number of carbonyl (C=O) groups is 3. The van der Waals surface area contributed by atoms with Crippen molar-refractivity contribution in [2.45, 2.75) is 45.4 Å². The summed E-state index contributed by atoms with van der Waals surface area (Å²) in [6, 6.07) is 14.1. The standard InChI is InChI=1S/C27H28ClN3O3S2/c1-2-3-4-5-6-11-16-30-26(34)24(36-27(30)35)23-18-12-7-10-15-21(18)31(25(23)33)17-22(32)29-20-14-9-8-13-19(20)28/h7-10,12-15H,2-6,11,16-17H2,1H3,(H,29,32). The van der Waals surface area contributed by atoms with Gasteiger partial charge in [0.15, 0.2) is 0 Å². The number of hydrogen-bond donors (Lipinski definition) is 1. The predicted octanol–water partition coefficient (Wildman–Crippen LogP) is 6.26.